The molecule has 0 aliphatic carbocycles. The monoisotopic (exact) mass is 1030 g/mol. The molecule has 1 saturated heterocycles. The lowest BCUT2D eigenvalue weighted by Crippen LogP contribution is -2.57. The largest absolute Gasteiger partial charge is 0.391 e. The number of β-amino-alcohol motifs (C(OH)–C–C–N with tert-alkyl or cyclic N) is 1. The summed E-state index contributed by atoms with van der Waals surface area (Å²) >= 11 is 1.58. The lowest BCUT2D eigenvalue weighted by atomic mass is 9.85. The van der Waals surface area contributed by atoms with E-state index in [0.717, 1.165) is 81.6 Å². The van der Waals surface area contributed by atoms with Crippen molar-refractivity contribution in [2.75, 3.05) is 23.7 Å². The summed E-state index contributed by atoms with van der Waals surface area (Å²) < 4.78 is 0. The Balaban J connectivity index is 0.711. The number of para-hydroxylation sites is 1. The number of aliphatic hydroxyl groups is 1. The number of carbonyl (C=O) groups excluding carboxylic acids is 5. The molecule has 1 aliphatic rings. The molecule has 0 radical (unpaired) electrons. The first kappa shape index (κ1) is 53.5. The van der Waals surface area contributed by atoms with Crippen LogP contribution >= 0.6 is 11.3 Å². The Hall–Kier alpha value is -7.76. The summed E-state index contributed by atoms with van der Waals surface area (Å²) in [6.45, 7) is 10.0. The van der Waals surface area contributed by atoms with E-state index in [0.29, 0.717) is 35.6 Å². The van der Waals surface area contributed by atoms with Gasteiger partial charge in [-0.25, -0.2) is 15.0 Å². The van der Waals surface area contributed by atoms with Crippen LogP contribution in [0, 0.1) is 12.3 Å². The molecule has 1 fully saturated rings. The normalized spacial score (nSPS) is 15.3. The van der Waals surface area contributed by atoms with E-state index in [2.05, 4.69) is 46.5 Å². The van der Waals surface area contributed by atoms with Crippen LogP contribution in [-0.4, -0.2) is 90.8 Å². The molecule has 0 bridgehead atoms. The number of aliphatic hydroxyl groups excluding tert-OH is 1. The second kappa shape index (κ2) is 24.5. The molecule has 5 amide bonds. The first-order valence-electron chi connectivity index (χ1n) is 25.6. The number of thiazole rings is 1. The second-order valence-electron chi connectivity index (χ2n) is 20.3. The number of benzene rings is 4. The topological polar surface area (TPSA) is 223 Å². The zero-order valence-electron chi connectivity index (χ0n) is 43.1. The van der Waals surface area contributed by atoms with Gasteiger partial charge in [-0.1, -0.05) is 95.0 Å². The van der Waals surface area contributed by atoms with Gasteiger partial charge in [0, 0.05) is 77.2 Å². The number of hydrogen-bond acceptors (Lipinski definition) is 11. The molecule has 8 rings (SSSR count). The third-order valence-electron chi connectivity index (χ3n) is 13.5. The van der Waals surface area contributed by atoms with Crippen molar-refractivity contribution in [2.24, 2.45) is 5.41 Å². The van der Waals surface area contributed by atoms with Crippen LogP contribution in [0.3, 0.4) is 0 Å². The molecule has 0 saturated carbocycles. The minimum Gasteiger partial charge on any atom is -0.391 e. The van der Waals surface area contributed by atoms with Crippen molar-refractivity contribution in [3.8, 4) is 21.7 Å². The van der Waals surface area contributed by atoms with Crippen LogP contribution < -0.4 is 26.6 Å². The Morgan fingerprint density at radius 2 is 1.51 bits per heavy atom. The Labute approximate surface area is 441 Å². The number of aromatic nitrogens is 4. The van der Waals surface area contributed by atoms with Gasteiger partial charge in [0.2, 0.25) is 17.7 Å². The van der Waals surface area contributed by atoms with Gasteiger partial charge in [-0.3, -0.25) is 24.0 Å². The summed E-state index contributed by atoms with van der Waals surface area (Å²) in [4.78, 5) is 86.1. The van der Waals surface area contributed by atoms with Gasteiger partial charge < -0.3 is 41.6 Å². The van der Waals surface area contributed by atoms with E-state index >= 15 is 0 Å². The maximum atomic E-state index is 14.1. The van der Waals surface area contributed by atoms with E-state index in [-0.39, 0.29) is 55.0 Å². The fourth-order valence-corrected chi connectivity index (χ4v) is 10.1. The highest BCUT2D eigenvalue weighted by atomic mass is 32.1. The van der Waals surface area contributed by atoms with Crippen molar-refractivity contribution in [1.82, 2.24) is 40.8 Å². The summed E-state index contributed by atoms with van der Waals surface area (Å²) in [6, 6.07) is 29.6. The van der Waals surface area contributed by atoms with Crippen molar-refractivity contribution in [3.63, 3.8) is 0 Å². The molecular formula is C58H66N10O6S. The van der Waals surface area contributed by atoms with Crippen LogP contribution in [0.5, 0.6) is 0 Å². The van der Waals surface area contributed by atoms with Gasteiger partial charge in [0.25, 0.3) is 11.8 Å². The number of amides is 5. The molecule has 75 heavy (non-hydrogen) atoms. The minimum absolute atomic E-state index is 0.00690. The first-order valence-corrected chi connectivity index (χ1v) is 26.5. The number of rotatable bonds is 21. The van der Waals surface area contributed by atoms with Gasteiger partial charge >= 0.3 is 0 Å². The van der Waals surface area contributed by atoms with Crippen LogP contribution in [-0.2, 0) is 14.4 Å². The summed E-state index contributed by atoms with van der Waals surface area (Å²) in [5.41, 5.74) is 9.05. The molecular weight excluding hydrogens is 965 g/mol. The van der Waals surface area contributed by atoms with Crippen molar-refractivity contribution in [3.05, 3.63) is 144 Å². The molecule has 4 aromatic carbocycles. The molecule has 1 aliphatic heterocycles. The highest BCUT2D eigenvalue weighted by Crippen LogP contribution is 2.31. The van der Waals surface area contributed by atoms with E-state index < -0.39 is 23.6 Å². The summed E-state index contributed by atoms with van der Waals surface area (Å²) in [7, 11) is 0. The second-order valence-corrected chi connectivity index (χ2v) is 21.1. The van der Waals surface area contributed by atoms with Crippen LogP contribution in [0.2, 0.25) is 0 Å². The van der Waals surface area contributed by atoms with Crippen LogP contribution in [0.1, 0.15) is 117 Å². The lowest BCUT2D eigenvalue weighted by Gasteiger charge is -2.35. The van der Waals surface area contributed by atoms with E-state index in [1.807, 2.05) is 119 Å². The summed E-state index contributed by atoms with van der Waals surface area (Å²) in [5, 5.41) is 26.9. The standard InChI is InChI=1S/C58H66N10O6S/c1-36(38-20-22-39(23-21-38)52-37(2)63-35-75-52)64-56(73)49-30-44(69)33-68(49)57(74)53(58(3,4)5)67-51(70)19-10-8-6-7-9-13-28-59-54(71)40-24-26-41(27-25-40)55(72)66-43-16-14-15-42(29-43)65-50-31-48(61-34-62-50)46-32-60-47-18-12-11-17-45(46)47/h11-12,14-18,20-27,29,31-32,34-36,44,49,53,60,69H,6-10,13,19,28,30,33H2,1-5H3,(H,59,71)(H,64,73)(H,66,72)(H,67,70)(H,61,62,65)/t36-,44+,49?,53+/m0/s1. The van der Waals surface area contributed by atoms with Gasteiger partial charge in [0.1, 0.15) is 24.2 Å². The number of hydrogen-bond donors (Lipinski definition) is 7. The van der Waals surface area contributed by atoms with Gasteiger partial charge in [0.05, 0.1) is 33.9 Å². The maximum absolute atomic E-state index is 14.1. The number of aromatic amines is 1. The van der Waals surface area contributed by atoms with Crippen molar-refractivity contribution >= 4 is 69.0 Å². The van der Waals surface area contributed by atoms with Crippen LogP contribution in [0.15, 0.2) is 121 Å². The van der Waals surface area contributed by atoms with Crippen LogP contribution in [0.25, 0.3) is 32.6 Å². The Morgan fingerprint density at radius 3 is 2.24 bits per heavy atom. The molecule has 0 spiro atoms. The molecule has 17 heteroatoms. The highest BCUT2D eigenvalue weighted by molar-refractivity contribution is 7.13. The maximum Gasteiger partial charge on any atom is 0.255 e. The minimum atomic E-state index is -0.888. The number of unbranched alkanes of at least 4 members (excludes halogenated alkanes) is 5. The van der Waals surface area contributed by atoms with Crippen molar-refractivity contribution < 1.29 is 29.1 Å². The van der Waals surface area contributed by atoms with Gasteiger partial charge in [-0.15, -0.1) is 11.3 Å². The van der Waals surface area contributed by atoms with E-state index in [1.54, 1.807) is 41.7 Å². The fourth-order valence-electron chi connectivity index (χ4n) is 9.33. The van der Waals surface area contributed by atoms with Crippen molar-refractivity contribution in [1.29, 1.82) is 0 Å². The zero-order valence-corrected chi connectivity index (χ0v) is 43.9. The average molecular weight is 1030 g/mol. The Morgan fingerprint density at radius 1 is 0.800 bits per heavy atom. The molecule has 1 unspecified atom stereocenters. The molecule has 3 aromatic heterocycles. The van der Waals surface area contributed by atoms with Gasteiger partial charge in [-0.2, -0.15) is 0 Å². The molecule has 7 N–H and O–H groups in total. The number of carbonyl (C=O) groups is 5. The number of nitrogens with zero attached hydrogens (tertiary/aromatic N) is 4. The lowest BCUT2D eigenvalue weighted by molar-refractivity contribution is -0.144. The number of H-pyrrole nitrogens is 1. The third-order valence-corrected chi connectivity index (χ3v) is 14.5. The molecule has 4 atom stereocenters. The number of anilines is 3. The predicted octanol–water partition coefficient (Wildman–Crippen LogP) is 9.88. The number of nitrogens with one attached hydrogen (secondary N) is 6. The average Bonchev–Trinajstić information content (AvgIpc) is 4.15. The van der Waals surface area contributed by atoms with E-state index in [9.17, 15) is 29.1 Å². The first-order chi connectivity index (χ1) is 36.1. The Bertz CT molecular complexity index is 3110. The van der Waals surface area contributed by atoms with Gasteiger partial charge in [0.15, 0.2) is 0 Å². The summed E-state index contributed by atoms with van der Waals surface area (Å²) in [6.07, 6.45) is 7.99. The zero-order chi connectivity index (χ0) is 53.1. The molecule has 16 nitrogen and oxygen atoms in total. The molecule has 390 valence electrons. The third kappa shape index (κ3) is 13.9. The Kier molecular flexibility index (Phi) is 17.5. The summed E-state index contributed by atoms with van der Waals surface area (Å²) in [5.74, 6) is -0.896. The smallest absolute Gasteiger partial charge is 0.255 e. The predicted molar refractivity (Wildman–Crippen MR) is 294 cm³/mol. The molecule has 7 aromatic rings. The number of fused-ring (bicyclic) bond motifs is 1. The fraction of sp³-hybridized carbons (Fsp3) is 0.345. The molecule has 4 heterocycles. The number of likely N-dealkylation sites (tertiary alicyclic amines) is 1. The van der Waals surface area contributed by atoms with Crippen LogP contribution in [0.4, 0.5) is 17.2 Å². The van der Waals surface area contributed by atoms with E-state index in [1.165, 1.54) is 11.2 Å². The quantitative estimate of drug-likeness (QED) is 0.0338. The van der Waals surface area contributed by atoms with Gasteiger partial charge in [-0.05, 0) is 91.8 Å². The number of aryl methyl sites for hydroxylation is 1. The van der Waals surface area contributed by atoms with E-state index in [4.69, 9.17) is 0 Å². The van der Waals surface area contributed by atoms with Crippen molar-refractivity contribution in [2.45, 2.75) is 110 Å². The highest BCUT2D eigenvalue weighted by Gasteiger charge is 2.44. The SMILES string of the molecule is Cc1ncsc1-c1ccc([C@H](C)NC(=O)C2C[C@@H](O)CN2C(=O)[C@@H](NC(=O)CCCCCCCCNC(=O)c2ccc(C(=O)Nc3cccc(Nc4cc(-c5c[nH]c6ccccc56)ncn4)c3)cc2)C(C)(C)C)cc1.